The molecule has 0 bridgehead atoms. The van der Waals surface area contributed by atoms with E-state index in [2.05, 4.69) is 27.3 Å². The van der Waals surface area contributed by atoms with Gasteiger partial charge < -0.3 is 14.8 Å². The van der Waals surface area contributed by atoms with Crippen LogP contribution in [0.4, 0.5) is 0 Å². The van der Waals surface area contributed by atoms with Gasteiger partial charge in [-0.2, -0.15) is 5.10 Å². The highest BCUT2D eigenvalue weighted by atomic mass is 16.5. The summed E-state index contributed by atoms with van der Waals surface area (Å²) in [5, 5.41) is 11.7. The van der Waals surface area contributed by atoms with Gasteiger partial charge in [0.15, 0.2) is 5.76 Å². The maximum atomic E-state index is 13.2. The van der Waals surface area contributed by atoms with Gasteiger partial charge in [0, 0.05) is 44.2 Å². The molecule has 3 aromatic rings. The van der Waals surface area contributed by atoms with Crippen molar-refractivity contribution in [2.45, 2.75) is 26.3 Å². The van der Waals surface area contributed by atoms with Crippen LogP contribution in [0.1, 0.15) is 41.4 Å². The highest BCUT2D eigenvalue weighted by Gasteiger charge is 2.32. The molecule has 0 unspecified atom stereocenters. The second kappa shape index (κ2) is 9.14. The third-order valence-corrected chi connectivity index (χ3v) is 6.01. The van der Waals surface area contributed by atoms with Crippen LogP contribution in [-0.4, -0.2) is 53.7 Å². The van der Waals surface area contributed by atoms with E-state index in [1.807, 2.05) is 36.4 Å². The van der Waals surface area contributed by atoms with Gasteiger partial charge in [-0.25, -0.2) is 0 Å². The summed E-state index contributed by atoms with van der Waals surface area (Å²) < 4.78 is 12.3. The number of nitrogens with one attached hydrogen (secondary N) is 2. The largest absolute Gasteiger partial charge is 0.493 e. The quantitative estimate of drug-likeness (QED) is 0.437. The minimum atomic E-state index is -0.117. The number of ether oxygens (including phenoxy) is 2. The lowest BCUT2D eigenvalue weighted by molar-refractivity contribution is 0.101. The van der Waals surface area contributed by atoms with E-state index in [0.717, 1.165) is 61.2 Å². The molecule has 5 rings (SSSR count). The Kier molecular flexibility index (Phi) is 5.92. The summed E-state index contributed by atoms with van der Waals surface area (Å²) in [4.78, 5) is 15.6. The minimum absolute atomic E-state index is 0.117. The highest BCUT2D eigenvalue weighted by Crippen LogP contribution is 2.41. The molecule has 2 aliphatic rings. The van der Waals surface area contributed by atoms with Crippen LogP contribution in [0.25, 0.3) is 17.0 Å². The zero-order valence-corrected chi connectivity index (χ0v) is 18.3. The number of rotatable bonds is 7. The van der Waals surface area contributed by atoms with Gasteiger partial charge in [-0.15, -0.1) is 0 Å². The number of hydrogen-bond donors (Lipinski definition) is 2. The lowest BCUT2D eigenvalue weighted by Gasteiger charge is -2.28. The lowest BCUT2D eigenvalue weighted by Crippen LogP contribution is -2.43. The molecule has 1 aromatic heterocycles. The molecule has 0 amide bonds. The van der Waals surface area contributed by atoms with Crippen LogP contribution in [0.15, 0.2) is 42.2 Å². The summed E-state index contributed by atoms with van der Waals surface area (Å²) >= 11 is 0. The Hall–Kier alpha value is -3.16. The summed E-state index contributed by atoms with van der Waals surface area (Å²) in [7, 11) is 0. The number of fused-ring (bicyclic) bond motifs is 2. The molecular formula is C25H28N4O3. The molecule has 166 valence electrons. The van der Waals surface area contributed by atoms with E-state index >= 15 is 0 Å². The monoisotopic (exact) mass is 432 g/mol. The first kappa shape index (κ1) is 20.7. The van der Waals surface area contributed by atoms with Crippen LogP contribution in [0.3, 0.4) is 0 Å². The number of piperazine rings is 1. The first-order valence-corrected chi connectivity index (χ1v) is 11.3. The van der Waals surface area contributed by atoms with E-state index in [-0.39, 0.29) is 5.78 Å². The van der Waals surface area contributed by atoms with Crippen molar-refractivity contribution in [1.29, 1.82) is 0 Å². The fourth-order valence-electron chi connectivity index (χ4n) is 4.21. The molecule has 3 heterocycles. The van der Waals surface area contributed by atoms with Crippen LogP contribution in [0.2, 0.25) is 0 Å². The number of aromatic amines is 1. The Morgan fingerprint density at radius 3 is 2.88 bits per heavy atom. The third-order valence-electron chi connectivity index (χ3n) is 6.01. The van der Waals surface area contributed by atoms with Crippen molar-refractivity contribution in [3.8, 4) is 11.5 Å². The molecule has 1 saturated heterocycles. The predicted octanol–water partition coefficient (Wildman–Crippen LogP) is 3.76. The Labute approximate surface area is 187 Å². The standard InChI is InChI=1S/C25H28N4O3/c1-2-3-14-31-22-9-8-18-24(30)23(15-21-17-6-4-5-7-20(17)27-28-21)32-25(18)19(22)16-29-12-10-26-11-13-29/h4-9,15,26H,2-3,10-14,16H2,1H3,(H,27,28)/b23-15-. The Morgan fingerprint density at radius 2 is 2.03 bits per heavy atom. The molecule has 7 nitrogen and oxygen atoms in total. The van der Waals surface area contributed by atoms with Crippen LogP contribution in [-0.2, 0) is 6.54 Å². The molecule has 32 heavy (non-hydrogen) atoms. The molecule has 0 spiro atoms. The van der Waals surface area contributed by atoms with Crippen LogP contribution >= 0.6 is 0 Å². The summed E-state index contributed by atoms with van der Waals surface area (Å²) in [5.74, 6) is 1.60. The van der Waals surface area contributed by atoms with E-state index in [0.29, 0.717) is 35.9 Å². The number of carbonyl (C=O) groups excluding carboxylic acids is 1. The zero-order chi connectivity index (χ0) is 21.9. The zero-order valence-electron chi connectivity index (χ0n) is 18.3. The number of para-hydroxylation sites is 1. The van der Waals surface area contributed by atoms with Gasteiger partial charge in [-0.1, -0.05) is 31.5 Å². The topological polar surface area (TPSA) is 79.5 Å². The number of ketones is 1. The van der Waals surface area contributed by atoms with Gasteiger partial charge in [-0.3, -0.25) is 14.8 Å². The van der Waals surface area contributed by atoms with Gasteiger partial charge >= 0.3 is 0 Å². The number of benzene rings is 2. The minimum Gasteiger partial charge on any atom is -0.493 e. The number of Topliss-reactive ketones (excluding diaryl/α,β-unsaturated/α-hetero) is 1. The van der Waals surface area contributed by atoms with E-state index in [9.17, 15) is 4.79 Å². The SMILES string of the molecule is CCCCOc1ccc2c(c1CN1CCNCC1)O/C(=C\c1n[nH]c3ccccc13)C2=O. The number of nitrogens with zero attached hydrogens (tertiary/aromatic N) is 2. The van der Waals surface area contributed by atoms with Crippen LogP contribution in [0, 0.1) is 0 Å². The molecule has 2 aliphatic heterocycles. The average molecular weight is 433 g/mol. The third kappa shape index (κ3) is 4.01. The number of unbranched alkanes of at least 4 members (excludes halogenated alkanes) is 1. The summed E-state index contributed by atoms with van der Waals surface area (Å²) in [6.45, 7) is 7.31. The maximum Gasteiger partial charge on any atom is 0.232 e. The molecule has 0 saturated carbocycles. The maximum absolute atomic E-state index is 13.2. The Balaban J connectivity index is 1.49. The van der Waals surface area contributed by atoms with Gasteiger partial charge in [0.25, 0.3) is 0 Å². The highest BCUT2D eigenvalue weighted by molar-refractivity contribution is 6.15. The molecular weight excluding hydrogens is 404 g/mol. The molecule has 0 aliphatic carbocycles. The van der Waals surface area contributed by atoms with E-state index in [1.165, 1.54) is 0 Å². The van der Waals surface area contributed by atoms with Gasteiger partial charge in [0.05, 0.1) is 28.9 Å². The van der Waals surface area contributed by atoms with Gasteiger partial charge in [-0.05, 0) is 24.6 Å². The van der Waals surface area contributed by atoms with Crippen molar-refractivity contribution in [2.75, 3.05) is 32.8 Å². The molecule has 7 heteroatoms. The first-order valence-electron chi connectivity index (χ1n) is 11.3. The Bertz CT molecular complexity index is 1160. The van der Waals surface area contributed by atoms with E-state index < -0.39 is 0 Å². The summed E-state index contributed by atoms with van der Waals surface area (Å²) in [5.41, 5.74) is 3.15. The van der Waals surface area contributed by atoms with Crippen molar-refractivity contribution in [2.24, 2.45) is 0 Å². The van der Waals surface area contributed by atoms with E-state index in [1.54, 1.807) is 6.08 Å². The second-order valence-corrected chi connectivity index (χ2v) is 8.24. The number of allylic oxidation sites excluding steroid dienone is 1. The van der Waals surface area contributed by atoms with Crippen molar-refractivity contribution in [3.05, 3.63) is 59.0 Å². The fraction of sp³-hybridized carbons (Fsp3) is 0.360. The molecule has 0 atom stereocenters. The lowest BCUT2D eigenvalue weighted by atomic mass is 10.0. The number of H-pyrrole nitrogens is 1. The molecule has 0 radical (unpaired) electrons. The van der Waals surface area contributed by atoms with Gasteiger partial charge in [0.1, 0.15) is 11.5 Å². The molecule has 2 aromatic carbocycles. The molecule has 2 N–H and O–H groups in total. The normalized spacial score (nSPS) is 17.7. The smallest absolute Gasteiger partial charge is 0.232 e. The van der Waals surface area contributed by atoms with Crippen molar-refractivity contribution >= 4 is 22.8 Å². The summed E-state index contributed by atoms with van der Waals surface area (Å²) in [6.07, 6.45) is 3.78. The second-order valence-electron chi connectivity index (χ2n) is 8.24. The average Bonchev–Trinajstić information content (AvgIpc) is 3.37. The fourth-order valence-corrected chi connectivity index (χ4v) is 4.21. The predicted molar refractivity (Wildman–Crippen MR) is 124 cm³/mol. The van der Waals surface area contributed by atoms with E-state index in [4.69, 9.17) is 9.47 Å². The summed E-state index contributed by atoms with van der Waals surface area (Å²) in [6, 6.07) is 11.6. The van der Waals surface area contributed by atoms with Gasteiger partial charge in [0.2, 0.25) is 5.78 Å². The van der Waals surface area contributed by atoms with Crippen LogP contribution in [0.5, 0.6) is 11.5 Å². The number of hydrogen-bond acceptors (Lipinski definition) is 6. The number of carbonyl (C=O) groups is 1. The Morgan fingerprint density at radius 1 is 1.19 bits per heavy atom. The first-order chi connectivity index (χ1) is 15.7. The number of aromatic nitrogens is 2. The van der Waals surface area contributed by atoms with Crippen LogP contribution < -0.4 is 14.8 Å². The van der Waals surface area contributed by atoms with Crippen molar-refractivity contribution in [3.63, 3.8) is 0 Å². The van der Waals surface area contributed by atoms with Crippen molar-refractivity contribution < 1.29 is 14.3 Å². The van der Waals surface area contributed by atoms with Crippen molar-refractivity contribution in [1.82, 2.24) is 20.4 Å². The molecule has 1 fully saturated rings.